The molecule has 1 amide bonds. The van der Waals surface area contributed by atoms with E-state index in [9.17, 15) is 9.59 Å². The molecule has 1 aliphatic heterocycles. The fourth-order valence-corrected chi connectivity index (χ4v) is 2.94. The highest BCUT2D eigenvalue weighted by atomic mass is 16.2. The van der Waals surface area contributed by atoms with Gasteiger partial charge in [0.25, 0.3) is 5.91 Å². The van der Waals surface area contributed by atoms with Gasteiger partial charge in [-0.3, -0.25) is 14.7 Å². The molecule has 1 saturated heterocycles. The Kier molecular flexibility index (Phi) is 4.00. The maximum atomic E-state index is 12.8. The largest absolute Gasteiger partial charge is 0.338 e. The molecule has 1 aromatic heterocycles. The maximum Gasteiger partial charge on any atom is 0.254 e. The molecule has 0 saturated carbocycles. The van der Waals surface area contributed by atoms with Gasteiger partial charge in [-0.25, -0.2) is 4.98 Å². The summed E-state index contributed by atoms with van der Waals surface area (Å²) in [5.41, 5.74) is 0.961. The maximum absolute atomic E-state index is 12.8. The molecule has 1 aromatic carbocycles. The van der Waals surface area contributed by atoms with Crippen molar-refractivity contribution in [1.29, 1.82) is 0 Å². The predicted octanol–water partition coefficient (Wildman–Crippen LogP) is 2.03. The Hall–Kier alpha value is -2.50. The molecule has 3 rings (SSSR count). The van der Waals surface area contributed by atoms with Gasteiger partial charge >= 0.3 is 0 Å². The number of Topliss-reactive ketones (excluding diaryl/α,β-unsaturated/α-hetero) is 1. The number of hydrogen-bond acceptors (Lipinski definition) is 4. The van der Waals surface area contributed by atoms with Gasteiger partial charge in [0.2, 0.25) is 0 Å². The molecule has 0 spiro atoms. The Bertz CT molecular complexity index is 681. The first kappa shape index (κ1) is 14.4. The fraction of sp³-hybridized carbons (Fsp3) is 0.375. The number of nitrogens with one attached hydrogen (secondary N) is 1. The second kappa shape index (κ2) is 6.09. The number of nitrogens with zero attached hydrogens (tertiary/aromatic N) is 3. The minimum atomic E-state index is -0.0901. The molecule has 0 radical (unpaired) electrons. The number of benzene rings is 1. The zero-order chi connectivity index (χ0) is 15.5. The molecule has 0 unspecified atom stereocenters. The van der Waals surface area contributed by atoms with Gasteiger partial charge in [-0.2, -0.15) is 5.10 Å². The van der Waals surface area contributed by atoms with Crippen molar-refractivity contribution in [1.82, 2.24) is 20.1 Å². The Morgan fingerprint density at radius 2 is 2.05 bits per heavy atom. The molecule has 0 bridgehead atoms. The minimum absolute atomic E-state index is 0.0879. The van der Waals surface area contributed by atoms with Crippen LogP contribution >= 0.6 is 0 Å². The molecule has 1 fully saturated rings. The zero-order valence-corrected chi connectivity index (χ0v) is 12.5. The fourth-order valence-electron chi connectivity index (χ4n) is 2.94. The molecule has 2 aromatic rings. The first-order valence-electron chi connectivity index (χ1n) is 7.41. The molecular formula is C16H18N4O2. The average Bonchev–Trinajstić information content (AvgIpc) is 3.09. The molecule has 6 nitrogen and oxygen atoms in total. The highest BCUT2D eigenvalue weighted by Crippen LogP contribution is 2.25. The molecular weight excluding hydrogens is 280 g/mol. The van der Waals surface area contributed by atoms with Crippen molar-refractivity contribution in [2.45, 2.75) is 25.7 Å². The lowest BCUT2D eigenvalue weighted by atomic mass is 9.95. The van der Waals surface area contributed by atoms with E-state index in [0.717, 1.165) is 18.7 Å². The van der Waals surface area contributed by atoms with Crippen LogP contribution < -0.4 is 0 Å². The number of rotatable bonds is 3. The van der Waals surface area contributed by atoms with E-state index in [4.69, 9.17) is 0 Å². The monoisotopic (exact) mass is 298 g/mol. The van der Waals surface area contributed by atoms with Crippen LogP contribution in [0.5, 0.6) is 0 Å². The van der Waals surface area contributed by atoms with E-state index in [1.807, 2.05) is 0 Å². The summed E-state index contributed by atoms with van der Waals surface area (Å²) in [5.74, 6) is 0.810. The number of hydrogen-bond donors (Lipinski definition) is 1. The Morgan fingerprint density at radius 1 is 1.27 bits per heavy atom. The van der Waals surface area contributed by atoms with E-state index in [1.165, 1.54) is 13.3 Å². The summed E-state index contributed by atoms with van der Waals surface area (Å²) in [6.45, 7) is 2.79. The predicted molar refractivity (Wildman–Crippen MR) is 80.7 cm³/mol. The van der Waals surface area contributed by atoms with Crippen LogP contribution in [0.1, 0.15) is 52.2 Å². The van der Waals surface area contributed by atoms with Gasteiger partial charge in [0.15, 0.2) is 5.78 Å². The van der Waals surface area contributed by atoms with Crippen molar-refractivity contribution in [3.63, 3.8) is 0 Å². The van der Waals surface area contributed by atoms with Crippen molar-refractivity contribution in [3.05, 3.63) is 47.5 Å². The lowest BCUT2D eigenvalue weighted by molar-refractivity contribution is 0.0700. The van der Waals surface area contributed by atoms with E-state index < -0.39 is 0 Å². The summed E-state index contributed by atoms with van der Waals surface area (Å²) in [5, 5.41) is 6.76. The van der Waals surface area contributed by atoms with Crippen LogP contribution in [0.25, 0.3) is 0 Å². The van der Waals surface area contributed by atoms with Gasteiger partial charge in [0, 0.05) is 24.6 Å². The minimum Gasteiger partial charge on any atom is -0.338 e. The van der Waals surface area contributed by atoms with Crippen molar-refractivity contribution >= 4 is 11.7 Å². The van der Waals surface area contributed by atoms with Gasteiger partial charge in [-0.05, 0) is 25.8 Å². The summed E-state index contributed by atoms with van der Waals surface area (Å²) in [4.78, 5) is 30.5. The Morgan fingerprint density at radius 3 is 2.73 bits per heavy atom. The zero-order valence-electron chi connectivity index (χ0n) is 12.5. The molecule has 114 valence electrons. The van der Waals surface area contributed by atoms with Gasteiger partial charge in [-0.15, -0.1) is 0 Å². The number of carbonyl (C=O) groups excluding carboxylic acids is 2. The van der Waals surface area contributed by atoms with Crippen LogP contribution in [0.2, 0.25) is 0 Å². The van der Waals surface area contributed by atoms with Crippen molar-refractivity contribution in [3.8, 4) is 0 Å². The SMILES string of the molecule is CC(=O)c1ccccc1C(=O)N1CCC[C@@H](c2ncn[nH]2)C1. The second-order valence-electron chi connectivity index (χ2n) is 5.56. The van der Waals surface area contributed by atoms with Crippen LogP contribution in [-0.4, -0.2) is 44.9 Å². The number of amides is 1. The third-order valence-electron chi connectivity index (χ3n) is 4.07. The lowest BCUT2D eigenvalue weighted by Gasteiger charge is -2.32. The molecule has 1 aliphatic rings. The van der Waals surface area contributed by atoms with Crippen LogP contribution in [0.3, 0.4) is 0 Å². The molecule has 6 heteroatoms. The molecule has 0 aliphatic carbocycles. The smallest absolute Gasteiger partial charge is 0.254 e. The summed E-state index contributed by atoms with van der Waals surface area (Å²) in [6.07, 6.45) is 3.38. The van der Waals surface area contributed by atoms with Gasteiger partial charge in [0.05, 0.1) is 5.56 Å². The first-order chi connectivity index (χ1) is 10.7. The van der Waals surface area contributed by atoms with E-state index in [2.05, 4.69) is 15.2 Å². The molecule has 1 atom stereocenters. The van der Waals surface area contributed by atoms with Crippen LogP contribution in [0, 0.1) is 0 Å². The number of H-pyrrole nitrogens is 1. The number of aromatic nitrogens is 3. The quantitative estimate of drug-likeness (QED) is 0.879. The number of aromatic amines is 1. The summed E-state index contributed by atoms with van der Waals surface area (Å²) in [6, 6.07) is 6.99. The van der Waals surface area contributed by atoms with Gasteiger partial charge < -0.3 is 4.90 Å². The van der Waals surface area contributed by atoms with Gasteiger partial charge in [0.1, 0.15) is 12.2 Å². The number of likely N-dealkylation sites (tertiary alicyclic amines) is 1. The highest BCUT2D eigenvalue weighted by Gasteiger charge is 2.28. The summed E-state index contributed by atoms with van der Waals surface area (Å²) in [7, 11) is 0. The molecule has 22 heavy (non-hydrogen) atoms. The number of carbonyl (C=O) groups is 2. The van der Waals surface area contributed by atoms with Crippen LogP contribution in [-0.2, 0) is 0 Å². The average molecular weight is 298 g/mol. The van der Waals surface area contributed by atoms with E-state index >= 15 is 0 Å². The topological polar surface area (TPSA) is 79.0 Å². The third-order valence-corrected chi connectivity index (χ3v) is 4.07. The van der Waals surface area contributed by atoms with Crippen molar-refractivity contribution < 1.29 is 9.59 Å². The number of ketones is 1. The van der Waals surface area contributed by atoms with E-state index in [-0.39, 0.29) is 17.6 Å². The van der Waals surface area contributed by atoms with Crippen LogP contribution in [0.15, 0.2) is 30.6 Å². The summed E-state index contributed by atoms with van der Waals surface area (Å²) >= 11 is 0. The van der Waals surface area contributed by atoms with Crippen molar-refractivity contribution in [2.24, 2.45) is 0 Å². The highest BCUT2D eigenvalue weighted by molar-refractivity contribution is 6.07. The van der Waals surface area contributed by atoms with Gasteiger partial charge in [-0.1, -0.05) is 18.2 Å². The van der Waals surface area contributed by atoms with Crippen molar-refractivity contribution in [2.75, 3.05) is 13.1 Å². The second-order valence-corrected chi connectivity index (χ2v) is 5.56. The van der Waals surface area contributed by atoms with E-state index in [1.54, 1.807) is 29.2 Å². The van der Waals surface area contributed by atoms with E-state index in [0.29, 0.717) is 24.2 Å². The molecule has 1 N–H and O–H groups in total. The first-order valence-corrected chi connectivity index (χ1v) is 7.41. The number of piperidine rings is 1. The summed E-state index contributed by atoms with van der Waals surface area (Å²) < 4.78 is 0. The Labute approximate surface area is 128 Å². The standard InChI is InChI=1S/C16H18N4O2/c1-11(21)13-6-2-3-7-14(13)16(22)20-8-4-5-12(9-20)15-17-10-18-19-15/h2-3,6-7,10,12H,4-5,8-9H2,1H3,(H,17,18,19)/t12-/m1/s1. The third kappa shape index (κ3) is 2.77. The Balaban J connectivity index is 1.82. The molecule has 2 heterocycles. The lowest BCUT2D eigenvalue weighted by Crippen LogP contribution is -2.39. The normalized spacial score (nSPS) is 18.2. The van der Waals surface area contributed by atoms with Crippen LogP contribution in [0.4, 0.5) is 0 Å².